The van der Waals surface area contributed by atoms with Crippen LogP contribution >= 0.6 is 0 Å². The summed E-state index contributed by atoms with van der Waals surface area (Å²) in [4.78, 5) is 34.2. The molecule has 0 atom stereocenters. The van der Waals surface area contributed by atoms with Gasteiger partial charge >= 0.3 is 12.0 Å². The van der Waals surface area contributed by atoms with Crippen molar-refractivity contribution in [2.75, 3.05) is 20.3 Å². The van der Waals surface area contributed by atoms with Crippen molar-refractivity contribution >= 4 is 17.9 Å². The van der Waals surface area contributed by atoms with E-state index in [0.29, 0.717) is 12.3 Å². The number of imide groups is 1. The van der Waals surface area contributed by atoms with Crippen LogP contribution in [0.3, 0.4) is 0 Å². The van der Waals surface area contributed by atoms with Gasteiger partial charge in [0.1, 0.15) is 5.75 Å². The summed E-state index contributed by atoms with van der Waals surface area (Å²) in [7, 11) is 1.50. The number of urea groups is 1. The van der Waals surface area contributed by atoms with Crippen molar-refractivity contribution in [2.45, 2.75) is 13.8 Å². The molecule has 3 amide bonds. The second-order valence-corrected chi connectivity index (χ2v) is 4.17. The summed E-state index contributed by atoms with van der Waals surface area (Å²) in [5, 5.41) is 4.42. The van der Waals surface area contributed by atoms with Crippen LogP contribution in [0.2, 0.25) is 0 Å². The average Bonchev–Trinajstić information content (AvgIpc) is 2.45. The fourth-order valence-corrected chi connectivity index (χ4v) is 1.53. The number of hydrogen-bond donors (Lipinski definition) is 2. The zero-order valence-electron chi connectivity index (χ0n) is 12.2. The van der Waals surface area contributed by atoms with Crippen LogP contribution in [0.25, 0.3) is 0 Å². The van der Waals surface area contributed by atoms with Gasteiger partial charge in [-0.15, -0.1) is 0 Å². The molecule has 0 saturated carbocycles. The second kappa shape index (κ2) is 7.88. The Morgan fingerprint density at radius 1 is 1.24 bits per heavy atom. The molecule has 21 heavy (non-hydrogen) atoms. The molecule has 0 aliphatic rings. The number of hydrogen-bond acceptors (Lipinski definition) is 5. The van der Waals surface area contributed by atoms with Crippen molar-refractivity contribution in [1.29, 1.82) is 0 Å². The Hall–Kier alpha value is -2.57. The van der Waals surface area contributed by atoms with Crippen molar-refractivity contribution in [3.8, 4) is 5.75 Å². The number of ether oxygens (including phenoxy) is 2. The Morgan fingerprint density at radius 3 is 2.57 bits per heavy atom. The molecule has 7 nitrogen and oxygen atoms in total. The fraction of sp³-hybridized carbons (Fsp3) is 0.357. The predicted octanol–water partition coefficient (Wildman–Crippen LogP) is 1.01. The molecular weight excluding hydrogens is 276 g/mol. The quantitative estimate of drug-likeness (QED) is 0.790. The van der Waals surface area contributed by atoms with E-state index in [1.54, 1.807) is 19.1 Å². The number of carbonyl (C=O) groups is 3. The summed E-state index contributed by atoms with van der Waals surface area (Å²) in [6, 6.07) is 4.18. The highest BCUT2D eigenvalue weighted by Gasteiger charge is 2.13. The van der Waals surface area contributed by atoms with E-state index in [1.165, 1.54) is 13.2 Å². The summed E-state index contributed by atoms with van der Waals surface area (Å²) in [6.45, 7) is 3.41. The van der Waals surface area contributed by atoms with Gasteiger partial charge in [0.15, 0.2) is 6.61 Å². The van der Waals surface area contributed by atoms with Gasteiger partial charge in [0.25, 0.3) is 5.91 Å². The van der Waals surface area contributed by atoms with E-state index in [0.717, 1.165) is 5.56 Å². The maximum absolute atomic E-state index is 11.8. The largest absolute Gasteiger partial charge is 0.496 e. The number of nitrogens with one attached hydrogen (secondary N) is 2. The van der Waals surface area contributed by atoms with Crippen LogP contribution in [-0.2, 0) is 9.53 Å². The molecule has 0 unspecified atom stereocenters. The third-order valence-corrected chi connectivity index (χ3v) is 2.57. The lowest BCUT2D eigenvalue weighted by Crippen LogP contribution is -2.41. The number of amides is 3. The third kappa shape index (κ3) is 5.13. The second-order valence-electron chi connectivity index (χ2n) is 4.17. The molecule has 0 aliphatic carbocycles. The zero-order valence-corrected chi connectivity index (χ0v) is 12.2. The minimum atomic E-state index is -0.701. The first-order valence-electron chi connectivity index (χ1n) is 6.37. The van der Waals surface area contributed by atoms with Crippen LogP contribution in [0.5, 0.6) is 5.75 Å². The molecule has 0 aromatic heterocycles. The molecule has 0 bridgehead atoms. The van der Waals surface area contributed by atoms with E-state index in [9.17, 15) is 14.4 Å². The smallest absolute Gasteiger partial charge is 0.338 e. The summed E-state index contributed by atoms with van der Waals surface area (Å²) in [5.41, 5.74) is 1.14. The Balaban J connectivity index is 2.54. The minimum absolute atomic E-state index is 0.267. The molecule has 1 rings (SSSR count). The average molecular weight is 294 g/mol. The molecule has 0 spiro atoms. The van der Waals surface area contributed by atoms with Gasteiger partial charge in [-0.3, -0.25) is 10.1 Å². The van der Waals surface area contributed by atoms with E-state index in [1.807, 2.05) is 12.2 Å². The standard InChI is InChI=1S/C14H18N2O5/c1-4-15-14(19)16-12(17)8-21-13(18)10-6-5-9(2)11(7-10)20-3/h5-7H,4,8H2,1-3H3,(H2,15,16,17,19). The van der Waals surface area contributed by atoms with Gasteiger partial charge in [0.05, 0.1) is 12.7 Å². The molecule has 1 aromatic rings. The Kier molecular flexibility index (Phi) is 6.19. The van der Waals surface area contributed by atoms with Crippen LogP contribution in [-0.4, -0.2) is 38.2 Å². The van der Waals surface area contributed by atoms with Gasteiger partial charge in [-0.05, 0) is 31.5 Å². The number of benzene rings is 1. The van der Waals surface area contributed by atoms with Gasteiger partial charge in [-0.1, -0.05) is 6.07 Å². The van der Waals surface area contributed by atoms with Crippen molar-refractivity contribution in [3.05, 3.63) is 29.3 Å². The SMILES string of the molecule is CCNC(=O)NC(=O)COC(=O)c1ccc(C)c(OC)c1. The Labute approximate surface area is 122 Å². The number of esters is 1. The summed E-state index contributed by atoms with van der Waals surface area (Å²) < 4.78 is 9.92. The topological polar surface area (TPSA) is 93.7 Å². The first-order valence-corrected chi connectivity index (χ1v) is 6.37. The molecule has 114 valence electrons. The predicted molar refractivity (Wildman–Crippen MR) is 75.2 cm³/mol. The Morgan fingerprint density at radius 2 is 1.95 bits per heavy atom. The molecule has 7 heteroatoms. The van der Waals surface area contributed by atoms with E-state index in [2.05, 4.69) is 5.32 Å². The zero-order chi connectivity index (χ0) is 15.8. The molecular formula is C14H18N2O5. The highest BCUT2D eigenvalue weighted by Crippen LogP contribution is 2.19. The van der Waals surface area contributed by atoms with Gasteiger partial charge in [-0.25, -0.2) is 9.59 Å². The minimum Gasteiger partial charge on any atom is -0.496 e. The lowest BCUT2D eigenvalue weighted by molar-refractivity contribution is -0.123. The highest BCUT2D eigenvalue weighted by atomic mass is 16.5. The lowest BCUT2D eigenvalue weighted by Gasteiger charge is -2.08. The molecule has 0 saturated heterocycles. The summed E-state index contributed by atoms with van der Waals surface area (Å²) in [5.74, 6) is -0.816. The summed E-state index contributed by atoms with van der Waals surface area (Å²) in [6.07, 6.45) is 0. The molecule has 0 fully saturated rings. The van der Waals surface area contributed by atoms with Crippen molar-refractivity contribution < 1.29 is 23.9 Å². The summed E-state index contributed by atoms with van der Waals surface area (Å²) >= 11 is 0. The molecule has 2 N–H and O–H groups in total. The Bertz CT molecular complexity index is 542. The van der Waals surface area contributed by atoms with Gasteiger partial charge in [0, 0.05) is 6.54 Å². The molecule has 0 aliphatic heterocycles. The van der Waals surface area contributed by atoms with Crippen LogP contribution in [0, 0.1) is 6.92 Å². The van der Waals surface area contributed by atoms with Crippen LogP contribution in [0.1, 0.15) is 22.8 Å². The first-order chi connectivity index (χ1) is 9.97. The van der Waals surface area contributed by atoms with Crippen molar-refractivity contribution in [2.24, 2.45) is 0 Å². The fourth-order valence-electron chi connectivity index (χ4n) is 1.53. The van der Waals surface area contributed by atoms with Gasteiger partial charge < -0.3 is 14.8 Å². The molecule has 0 radical (unpaired) electrons. The van der Waals surface area contributed by atoms with Gasteiger partial charge in [-0.2, -0.15) is 0 Å². The van der Waals surface area contributed by atoms with Crippen molar-refractivity contribution in [1.82, 2.24) is 10.6 Å². The highest BCUT2D eigenvalue weighted by molar-refractivity contribution is 5.97. The number of aryl methyl sites for hydroxylation is 1. The number of methoxy groups -OCH3 is 1. The maximum atomic E-state index is 11.8. The maximum Gasteiger partial charge on any atom is 0.338 e. The van der Waals surface area contributed by atoms with Crippen LogP contribution < -0.4 is 15.4 Å². The number of rotatable bonds is 5. The molecule has 1 aromatic carbocycles. The van der Waals surface area contributed by atoms with E-state index in [-0.39, 0.29) is 5.56 Å². The monoisotopic (exact) mass is 294 g/mol. The van der Waals surface area contributed by atoms with Crippen molar-refractivity contribution in [3.63, 3.8) is 0 Å². The number of carbonyl (C=O) groups excluding carboxylic acids is 3. The van der Waals surface area contributed by atoms with Crippen LogP contribution in [0.15, 0.2) is 18.2 Å². The normalized spacial score (nSPS) is 9.67. The third-order valence-electron chi connectivity index (χ3n) is 2.57. The van der Waals surface area contributed by atoms with Crippen LogP contribution in [0.4, 0.5) is 4.79 Å². The van der Waals surface area contributed by atoms with Gasteiger partial charge in [0.2, 0.25) is 0 Å². The molecule has 0 heterocycles. The lowest BCUT2D eigenvalue weighted by atomic mass is 10.1. The first kappa shape index (κ1) is 16.5. The van der Waals surface area contributed by atoms with E-state index >= 15 is 0 Å². The van der Waals surface area contributed by atoms with E-state index < -0.39 is 24.5 Å². The van der Waals surface area contributed by atoms with E-state index in [4.69, 9.17) is 9.47 Å².